The summed E-state index contributed by atoms with van der Waals surface area (Å²) in [5, 5.41) is 2.97. The van der Waals surface area contributed by atoms with Gasteiger partial charge in [-0.3, -0.25) is 19.3 Å². The molecule has 1 fully saturated rings. The van der Waals surface area contributed by atoms with Crippen molar-refractivity contribution in [2.75, 3.05) is 31.6 Å². The van der Waals surface area contributed by atoms with Crippen LogP contribution in [-0.2, 0) is 0 Å². The summed E-state index contributed by atoms with van der Waals surface area (Å²) in [6.07, 6.45) is 5.48. The Morgan fingerprint density at radius 3 is 2.38 bits per heavy atom. The largest absolute Gasteiger partial charge is 0.492 e. The molecule has 1 aromatic heterocycles. The Bertz CT molecular complexity index is 1380. The van der Waals surface area contributed by atoms with Gasteiger partial charge in [0.1, 0.15) is 12.4 Å². The lowest BCUT2D eigenvalue weighted by molar-refractivity contribution is 0.0973. The number of anilines is 1. The van der Waals surface area contributed by atoms with E-state index in [1.807, 2.05) is 18.2 Å². The number of hydrogen-bond donors (Lipinski definition) is 2. The molecule has 0 atom stereocenters. The number of H-pyrrole nitrogens is 1. The van der Waals surface area contributed by atoms with Crippen molar-refractivity contribution in [2.24, 2.45) is 0 Å². The van der Waals surface area contributed by atoms with E-state index in [0.29, 0.717) is 51.4 Å². The van der Waals surface area contributed by atoms with Crippen LogP contribution in [0, 0.1) is 0 Å². The number of carbonyl (C=O) groups is 3. The fraction of sp³-hybridized carbons (Fsp3) is 0.300. The number of amides is 1. The van der Waals surface area contributed by atoms with Crippen LogP contribution in [0.3, 0.4) is 0 Å². The first-order valence-corrected chi connectivity index (χ1v) is 12.8. The van der Waals surface area contributed by atoms with Crippen molar-refractivity contribution in [3.05, 3.63) is 82.7 Å². The van der Waals surface area contributed by atoms with Gasteiger partial charge in [-0.25, -0.2) is 0 Å². The lowest BCUT2D eigenvalue weighted by atomic mass is 9.86. The number of rotatable bonds is 7. The van der Waals surface area contributed by atoms with E-state index in [9.17, 15) is 14.4 Å². The normalized spacial score (nSPS) is 16.1. The second-order valence-electron chi connectivity index (χ2n) is 9.64. The number of nitrogens with one attached hydrogen (secondary N) is 2. The van der Waals surface area contributed by atoms with Crippen LogP contribution in [0.1, 0.15) is 64.3 Å². The Balaban J connectivity index is 1.29. The lowest BCUT2D eigenvalue weighted by Gasteiger charge is -2.26. The van der Waals surface area contributed by atoms with Crippen LogP contribution in [0.2, 0.25) is 0 Å². The van der Waals surface area contributed by atoms with Crippen molar-refractivity contribution in [2.45, 2.75) is 33.1 Å². The number of Topliss-reactive ketones (excluding diaryl/α,β-unsaturated/α-hetero) is 2. The predicted molar refractivity (Wildman–Crippen MR) is 143 cm³/mol. The summed E-state index contributed by atoms with van der Waals surface area (Å²) >= 11 is 0. The molecule has 2 aromatic carbocycles. The molecule has 0 bridgehead atoms. The van der Waals surface area contributed by atoms with E-state index in [4.69, 9.17) is 4.74 Å². The fourth-order valence-corrected chi connectivity index (χ4v) is 4.97. The minimum absolute atomic E-state index is 0.180. The molecule has 0 radical (unpaired) electrons. The van der Waals surface area contributed by atoms with Gasteiger partial charge >= 0.3 is 0 Å². The first kappa shape index (κ1) is 24.7. The molecule has 1 saturated heterocycles. The monoisotopic (exact) mass is 497 g/mol. The maximum Gasteiger partial charge on any atom is 0.255 e. The SMILES string of the molecule is CC1=C(C)C(=O)c2c(-c3ccccc3NC(=O)c3ccc(OCCN4CCCCC4)cc3)c[nH]c2C1=O. The zero-order valence-electron chi connectivity index (χ0n) is 21.2. The second kappa shape index (κ2) is 10.6. The van der Waals surface area contributed by atoms with Crippen molar-refractivity contribution < 1.29 is 19.1 Å². The molecule has 2 N–H and O–H groups in total. The fourth-order valence-electron chi connectivity index (χ4n) is 4.97. The first-order valence-electron chi connectivity index (χ1n) is 12.8. The Morgan fingerprint density at radius 2 is 1.62 bits per heavy atom. The Morgan fingerprint density at radius 1 is 0.919 bits per heavy atom. The van der Waals surface area contributed by atoms with Gasteiger partial charge in [-0.05, 0) is 70.1 Å². The summed E-state index contributed by atoms with van der Waals surface area (Å²) in [7, 11) is 0. The zero-order chi connectivity index (χ0) is 25.9. The van der Waals surface area contributed by atoms with Gasteiger partial charge in [-0.2, -0.15) is 0 Å². The smallest absolute Gasteiger partial charge is 0.255 e. The highest BCUT2D eigenvalue weighted by Gasteiger charge is 2.32. The van der Waals surface area contributed by atoms with Crippen molar-refractivity contribution in [1.29, 1.82) is 0 Å². The molecule has 0 unspecified atom stereocenters. The number of carbonyl (C=O) groups excluding carboxylic acids is 3. The third-order valence-corrected chi connectivity index (χ3v) is 7.28. The van der Waals surface area contributed by atoms with E-state index in [2.05, 4.69) is 15.2 Å². The van der Waals surface area contributed by atoms with E-state index in [1.54, 1.807) is 50.4 Å². The maximum absolute atomic E-state index is 13.1. The summed E-state index contributed by atoms with van der Waals surface area (Å²) in [5.74, 6) is 0.0966. The summed E-state index contributed by atoms with van der Waals surface area (Å²) < 4.78 is 5.88. The van der Waals surface area contributed by atoms with Crippen LogP contribution < -0.4 is 10.1 Å². The topological polar surface area (TPSA) is 91.5 Å². The molecule has 2 heterocycles. The number of fused-ring (bicyclic) bond motifs is 1. The molecule has 0 saturated carbocycles. The van der Waals surface area contributed by atoms with Gasteiger partial charge in [0.25, 0.3) is 5.91 Å². The molecule has 0 spiro atoms. The first-order chi connectivity index (χ1) is 17.9. The lowest BCUT2D eigenvalue weighted by Crippen LogP contribution is -2.33. The number of hydrogen-bond acceptors (Lipinski definition) is 5. The average molecular weight is 498 g/mol. The number of aromatic amines is 1. The minimum atomic E-state index is -0.272. The van der Waals surface area contributed by atoms with Gasteiger partial charge in [0.2, 0.25) is 5.78 Å². The van der Waals surface area contributed by atoms with Gasteiger partial charge in [0.05, 0.1) is 11.3 Å². The number of nitrogens with zero attached hydrogens (tertiary/aromatic N) is 1. The van der Waals surface area contributed by atoms with E-state index < -0.39 is 0 Å². The van der Waals surface area contributed by atoms with Gasteiger partial charge in [-0.1, -0.05) is 24.6 Å². The molecule has 37 heavy (non-hydrogen) atoms. The summed E-state index contributed by atoms with van der Waals surface area (Å²) in [6.45, 7) is 7.13. The predicted octanol–water partition coefficient (Wildman–Crippen LogP) is 5.51. The number of ether oxygens (including phenoxy) is 1. The van der Waals surface area contributed by atoms with Crippen LogP contribution in [0.25, 0.3) is 11.1 Å². The van der Waals surface area contributed by atoms with Gasteiger partial charge in [-0.15, -0.1) is 0 Å². The van der Waals surface area contributed by atoms with Crippen LogP contribution in [0.4, 0.5) is 5.69 Å². The maximum atomic E-state index is 13.1. The van der Waals surface area contributed by atoms with Crippen molar-refractivity contribution >= 4 is 23.2 Å². The quantitative estimate of drug-likeness (QED) is 0.449. The minimum Gasteiger partial charge on any atom is -0.492 e. The number of benzene rings is 2. The summed E-state index contributed by atoms with van der Waals surface area (Å²) in [4.78, 5) is 44.2. The number of aromatic nitrogens is 1. The molecule has 190 valence electrons. The Hall–Kier alpha value is -3.97. The number of likely N-dealkylation sites (tertiary alicyclic amines) is 1. The number of para-hydroxylation sites is 1. The molecule has 5 rings (SSSR count). The number of piperidine rings is 1. The van der Waals surface area contributed by atoms with E-state index in [-0.39, 0.29) is 17.5 Å². The van der Waals surface area contributed by atoms with Crippen LogP contribution >= 0.6 is 0 Å². The van der Waals surface area contributed by atoms with Gasteiger partial charge in [0.15, 0.2) is 5.78 Å². The van der Waals surface area contributed by atoms with Crippen molar-refractivity contribution in [1.82, 2.24) is 9.88 Å². The molecule has 1 amide bonds. The van der Waals surface area contributed by atoms with Crippen molar-refractivity contribution in [3.8, 4) is 16.9 Å². The molecule has 3 aromatic rings. The Labute approximate surface area is 216 Å². The van der Waals surface area contributed by atoms with Gasteiger partial charge < -0.3 is 15.0 Å². The van der Waals surface area contributed by atoms with E-state index >= 15 is 0 Å². The van der Waals surface area contributed by atoms with E-state index in [0.717, 1.165) is 25.4 Å². The standard InChI is InChI=1S/C30H31N3O4/c1-19-20(2)29(35)27-26(28(19)34)24(18-31-27)23-8-4-5-9-25(23)32-30(36)21-10-12-22(13-11-21)37-17-16-33-14-6-3-7-15-33/h4-5,8-13,18,31H,3,6-7,14-17H2,1-2H3,(H,32,36). The highest BCUT2D eigenvalue weighted by atomic mass is 16.5. The molecule has 1 aliphatic heterocycles. The van der Waals surface area contributed by atoms with E-state index in [1.165, 1.54) is 19.3 Å². The Kier molecular flexibility index (Phi) is 7.06. The molecule has 1 aliphatic carbocycles. The molecular formula is C30H31N3O4. The highest BCUT2D eigenvalue weighted by molar-refractivity contribution is 6.28. The van der Waals surface area contributed by atoms with Crippen LogP contribution in [0.5, 0.6) is 5.75 Å². The molecule has 7 nitrogen and oxygen atoms in total. The number of ketones is 2. The molecule has 7 heteroatoms. The average Bonchev–Trinajstić information content (AvgIpc) is 3.37. The third kappa shape index (κ3) is 5.00. The molecule has 2 aliphatic rings. The van der Waals surface area contributed by atoms with Crippen molar-refractivity contribution in [3.63, 3.8) is 0 Å². The van der Waals surface area contributed by atoms with Crippen LogP contribution in [0.15, 0.2) is 65.9 Å². The summed E-state index contributed by atoms with van der Waals surface area (Å²) in [5.41, 5.74) is 3.84. The second-order valence-corrected chi connectivity index (χ2v) is 9.64. The highest BCUT2D eigenvalue weighted by Crippen LogP contribution is 2.37. The molecular weight excluding hydrogens is 466 g/mol. The summed E-state index contributed by atoms with van der Waals surface area (Å²) in [6, 6.07) is 14.4. The zero-order valence-corrected chi connectivity index (χ0v) is 21.2. The third-order valence-electron chi connectivity index (χ3n) is 7.28. The number of allylic oxidation sites excluding steroid dienone is 2. The van der Waals surface area contributed by atoms with Gasteiger partial charge in [0, 0.05) is 46.3 Å². The van der Waals surface area contributed by atoms with Crippen LogP contribution in [-0.4, -0.2) is 53.6 Å².